The van der Waals surface area contributed by atoms with Crippen LogP contribution in [0.2, 0.25) is 10.0 Å². The van der Waals surface area contributed by atoms with E-state index in [0.29, 0.717) is 40.9 Å². The number of alkyl halides is 1. The topological polar surface area (TPSA) is 109 Å². The smallest absolute Gasteiger partial charge is 0.350 e. The highest BCUT2D eigenvalue weighted by molar-refractivity contribution is 7.17. The largest absolute Gasteiger partial charge is 0.497 e. The molecule has 3 aromatic rings. The Hall–Kier alpha value is -2.89. The quantitative estimate of drug-likeness (QED) is 0.407. The van der Waals surface area contributed by atoms with Crippen LogP contribution in [0.4, 0.5) is 9.52 Å². The molecule has 0 bridgehead atoms. The number of rotatable bonds is 7. The Balaban J connectivity index is 1.52. The molecule has 13 heteroatoms. The standard InChI is InChI=1S/C23H24Cl2FN5O4S/c1-4-35-22(33)20-18(15-9-12(34-3)5-7-27-15)30-23(36-20)31-8-6-14(13(26)10-31)29-21(32)19-17(25)16(24)11(2)28-19/h5,7,9,13-14,28H,4,6,8,10H2,1-3H3,(H,29,32)/t13-,14+/m0/s1. The minimum atomic E-state index is -1.39. The number of ether oxygens (including phenoxy) is 2. The number of anilines is 1. The first-order valence-corrected chi connectivity index (χ1v) is 12.7. The Labute approximate surface area is 220 Å². The highest BCUT2D eigenvalue weighted by atomic mass is 35.5. The van der Waals surface area contributed by atoms with Gasteiger partial charge in [-0.3, -0.25) is 9.78 Å². The number of carbonyl (C=O) groups is 2. The van der Waals surface area contributed by atoms with Gasteiger partial charge in [-0.15, -0.1) is 0 Å². The van der Waals surface area contributed by atoms with E-state index in [1.54, 1.807) is 37.1 Å². The van der Waals surface area contributed by atoms with Gasteiger partial charge in [0, 0.05) is 24.5 Å². The van der Waals surface area contributed by atoms with Gasteiger partial charge in [-0.05, 0) is 26.3 Å². The minimum Gasteiger partial charge on any atom is -0.497 e. The molecule has 3 aromatic heterocycles. The van der Waals surface area contributed by atoms with Gasteiger partial charge in [0.25, 0.3) is 5.91 Å². The van der Waals surface area contributed by atoms with Crippen LogP contribution in [0, 0.1) is 6.92 Å². The number of hydrogen-bond acceptors (Lipinski definition) is 8. The number of carbonyl (C=O) groups excluding carboxylic acids is 2. The fourth-order valence-corrected chi connectivity index (χ4v) is 5.25. The van der Waals surface area contributed by atoms with Crippen LogP contribution in [-0.2, 0) is 4.74 Å². The molecule has 0 unspecified atom stereocenters. The van der Waals surface area contributed by atoms with Gasteiger partial charge < -0.3 is 24.7 Å². The Morgan fingerprint density at radius 1 is 1.36 bits per heavy atom. The van der Waals surface area contributed by atoms with Gasteiger partial charge in [0.15, 0.2) is 5.13 Å². The van der Waals surface area contributed by atoms with Crippen molar-refractivity contribution < 1.29 is 23.5 Å². The summed E-state index contributed by atoms with van der Waals surface area (Å²) in [6.45, 7) is 3.99. The number of halogens is 3. The second kappa shape index (κ2) is 11.0. The van der Waals surface area contributed by atoms with Gasteiger partial charge in [0.05, 0.1) is 42.0 Å². The lowest BCUT2D eigenvalue weighted by molar-refractivity contribution is 0.0532. The molecule has 0 saturated carbocycles. The zero-order chi connectivity index (χ0) is 26.0. The van der Waals surface area contributed by atoms with Crippen LogP contribution in [0.25, 0.3) is 11.4 Å². The van der Waals surface area contributed by atoms with Crippen molar-refractivity contribution >= 4 is 51.5 Å². The Kier molecular flexibility index (Phi) is 8.01. The monoisotopic (exact) mass is 555 g/mol. The maximum absolute atomic E-state index is 15.2. The molecule has 0 aromatic carbocycles. The van der Waals surface area contributed by atoms with E-state index in [0.717, 1.165) is 11.3 Å². The molecule has 1 amide bonds. The maximum atomic E-state index is 15.2. The molecule has 2 N–H and O–H groups in total. The van der Waals surface area contributed by atoms with Crippen molar-refractivity contribution in [2.75, 3.05) is 31.7 Å². The number of pyridine rings is 1. The molecule has 192 valence electrons. The zero-order valence-corrected chi connectivity index (χ0v) is 22.1. The van der Waals surface area contributed by atoms with E-state index in [4.69, 9.17) is 32.7 Å². The van der Waals surface area contributed by atoms with Crippen LogP contribution in [0.1, 0.15) is 39.2 Å². The lowest BCUT2D eigenvalue weighted by atomic mass is 10.0. The van der Waals surface area contributed by atoms with Crippen LogP contribution in [-0.4, -0.2) is 65.8 Å². The summed E-state index contributed by atoms with van der Waals surface area (Å²) in [7, 11) is 1.53. The fourth-order valence-electron chi connectivity index (χ4n) is 3.83. The zero-order valence-electron chi connectivity index (χ0n) is 19.7. The molecule has 0 aliphatic carbocycles. The van der Waals surface area contributed by atoms with E-state index in [1.807, 2.05) is 0 Å². The minimum absolute atomic E-state index is 0.0239. The van der Waals surface area contributed by atoms with Crippen molar-refractivity contribution in [1.29, 1.82) is 0 Å². The summed E-state index contributed by atoms with van der Waals surface area (Å²) in [5, 5.41) is 3.52. The van der Waals surface area contributed by atoms with Crippen molar-refractivity contribution in [2.45, 2.75) is 32.5 Å². The SMILES string of the molecule is CCOC(=O)c1sc(N2CC[C@@H](NC(=O)c3[nH]c(C)c(Cl)c3Cl)[C@@H](F)C2)nc1-c1cc(OC)ccn1. The summed E-state index contributed by atoms with van der Waals surface area (Å²) in [5.74, 6) is -0.499. The van der Waals surface area contributed by atoms with E-state index in [1.165, 1.54) is 7.11 Å². The van der Waals surface area contributed by atoms with Gasteiger partial charge in [-0.25, -0.2) is 14.2 Å². The number of methoxy groups -OCH3 is 1. The van der Waals surface area contributed by atoms with E-state index in [-0.39, 0.29) is 33.8 Å². The molecule has 2 atom stereocenters. The van der Waals surface area contributed by atoms with Gasteiger partial charge >= 0.3 is 5.97 Å². The van der Waals surface area contributed by atoms with Gasteiger partial charge in [0.1, 0.15) is 28.2 Å². The van der Waals surface area contributed by atoms with Gasteiger partial charge in [0.2, 0.25) is 0 Å². The van der Waals surface area contributed by atoms with E-state index in [2.05, 4.69) is 20.3 Å². The van der Waals surface area contributed by atoms with Gasteiger partial charge in [-0.2, -0.15) is 0 Å². The lowest BCUT2D eigenvalue weighted by Crippen LogP contribution is -2.52. The van der Waals surface area contributed by atoms with Crippen LogP contribution >= 0.6 is 34.5 Å². The van der Waals surface area contributed by atoms with E-state index < -0.39 is 24.1 Å². The van der Waals surface area contributed by atoms with Crippen LogP contribution in [0.15, 0.2) is 18.3 Å². The first-order chi connectivity index (χ1) is 17.2. The number of hydrogen-bond donors (Lipinski definition) is 2. The number of aromatic nitrogens is 3. The summed E-state index contributed by atoms with van der Waals surface area (Å²) in [4.78, 5) is 39.1. The molecule has 9 nitrogen and oxygen atoms in total. The normalized spacial score (nSPS) is 17.7. The number of piperidine rings is 1. The van der Waals surface area contributed by atoms with Gasteiger partial charge in [-0.1, -0.05) is 34.5 Å². The number of aryl methyl sites for hydroxylation is 1. The number of thiazole rings is 1. The second-order valence-corrected chi connectivity index (χ2v) is 9.79. The Morgan fingerprint density at radius 3 is 2.78 bits per heavy atom. The van der Waals surface area contributed by atoms with Crippen molar-refractivity contribution in [2.24, 2.45) is 0 Å². The average Bonchev–Trinajstić information content (AvgIpc) is 3.43. The third kappa shape index (κ3) is 5.28. The molecule has 1 saturated heterocycles. The van der Waals surface area contributed by atoms with Crippen molar-refractivity contribution in [1.82, 2.24) is 20.3 Å². The molecule has 1 aliphatic heterocycles. The van der Waals surface area contributed by atoms with E-state index in [9.17, 15) is 9.59 Å². The maximum Gasteiger partial charge on any atom is 0.350 e. The third-order valence-electron chi connectivity index (χ3n) is 5.70. The number of amides is 1. The summed E-state index contributed by atoms with van der Waals surface area (Å²) >= 11 is 13.3. The van der Waals surface area contributed by atoms with Crippen molar-refractivity contribution in [3.63, 3.8) is 0 Å². The predicted octanol–water partition coefficient (Wildman–Crippen LogP) is 4.68. The first-order valence-electron chi connectivity index (χ1n) is 11.1. The highest BCUT2D eigenvalue weighted by Crippen LogP contribution is 2.35. The predicted molar refractivity (Wildman–Crippen MR) is 136 cm³/mol. The molecular formula is C23H24Cl2FN5O4S. The summed E-state index contributed by atoms with van der Waals surface area (Å²) in [6, 6.07) is 2.63. The molecule has 4 rings (SSSR count). The number of nitrogens with one attached hydrogen (secondary N) is 2. The number of aromatic amines is 1. The van der Waals surface area contributed by atoms with Crippen LogP contribution in [0.5, 0.6) is 5.75 Å². The average molecular weight is 556 g/mol. The van der Waals surface area contributed by atoms with Crippen LogP contribution in [0.3, 0.4) is 0 Å². The number of nitrogens with zero attached hydrogens (tertiary/aromatic N) is 3. The van der Waals surface area contributed by atoms with E-state index >= 15 is 4.39 Å². The summed E-state index contributed by atoms with van der Waals surface area (Å²) in [5.41, 5.74) is 1.44. The Morgan fingerprint density at radius 2 is 2.14 bits per heavy atom. The molecule has 1 fully saturated rings. The third-order valence-corrected chi connectivity index (χ3v) is 7.74. The fraction of sp³-hybridized carbons (Fsp3) is 0.391. The number of H-pyrrole nitrogens is 1. The molecule has 0 spiro atoms. The van der Waals surface area contributed by atoms with Crippen LogP contribution < -0.4 is 15.0 Å². The molecular weight excluding hydrogens is 532 g/mol. The molecule has 1 aliphatic rings. The lowest BCUT2D eigenvalue weighted by Gasteiger charge is -2.34. The van der Waals surface area contributed by atoms with Crippen molar-refractivity contribution in [3.8, 4) is 17.1 Å². The summed E-state index contributed by atoms with van der Waals surface area (Å²) < 4.78 is 25.6. The summed E-state index contributed by atoms with van der Waals surface area (Å²) in [6.07, 6.45) is 0.485. The number of esters is 1. The Bertz CT molecular complexity index is 1280. The first kappa shape index (κ1) is 26.2. The molecule has 0 radical (unpaired) electrons. The molecule has 4 heterocycles. The van der Waals surface area contributed by atoms with Crippen molar-refractivity contribution in [3.05, 3.63) is 44.6 Å². The molecule has 36 heavy (non-hydrogen) atoms. The second-order valence-electron chi connectivity index (χ2n) is 8.06. The highest BCUT2D eigenvalue weighted by Gasteiger charge is 2.34.